The summed E-state index contributed by atoms with van der Waals surface area (Å²) in [5.41, 5.74) is 1.42. The fourth-order valence-corrected chi connectivity index (χ4v) is 1.34. The fourth-order valence-electron chi connectivity index (χ4n) is 1.34. The maximum absolute atomic E-state index is 11.4. The van der Waals surface area contributed by atoms with Crippen molar-refractivity contribution in [3.8, 4) is 11.8 Å². The van der Waals surface area contributed by atoms with Crippen LogP contribution in [0.2, 0.25) is 0 Å². The first-order valence-corrected chi connectivity index (χ1v) is 4.31. The largest absolute Gasteiger partial charge is 0.494 e. The van der Waals surface area contributed by atoms with E-state index in [1.165, 1.54) is 14.2 Å². The number of hydrogen-bond donors (Lipinski definition) is 0. The van der Waals surface area contributed by atoms with E-state index in [1.54, 1.807) is 19.1 Å². The molecule has 0 heterocycles. The van der Waals surface area contributed by atoms with Crippen molar-refractivity contribution in [3.05, 3.63) is 28.8 Å². The molecule has 1 aromatic rings. The van der Waals surface area contributed by atoms with Crippen LogP contribution in [0.3, 0.4) is 0 Å². The number of nitrogens with zero attached hydrogens (tertiary/aromatic N) is 1. The molecule has 0 aliphatic rings. The Bertz CT molecular complexity index is 432. The highest BCUT2D eigenvalue weighted by atomic mass is 16.5. The van der Waals surface area contributed by atoms with Crippen LogP contribution in [0.1, 0.15) is 21.5 Å². The summed E-state index contributed by atoms with van der Waals surface area (Å²) in [4.78, 5) is 11.4. The quantitative estimate of drug-likeness (QED) is 0.689. The van der Waals surface area contributed by atoms with Gasteiger partial charge < -0.3 is 9.47 Å². The lowest BCUT2D eigenvalue weighted by atomic mass is 10.1. The van der Waals surface area contributed by atoms with Crippen LogP contribution in [-0.2, 0) is 4.74 Å². The number of hydrogen-bond acceptors (Lipinski definition) is 4. The molecule has 0 N–H and O–H groups in total. The van der Waals surface area contributed by atoms with E-state index in [-0.39, 0.29) is 11.3 Å². The molecule has 0 aliphatic heterocycles. The molecular formula is C11H11NO3. The molecule has 0 unspecified atom stereocenters. The van der Waals surface area contributed by atoms with Gasteiger partial charge in [0.1, 0.15) is 11.6 Å². The predicted molar refractivity (Wildman–Crippen MR) is 53.8 cm³/mol. The summed E-state index contributed by atoms with van der Waals surface area (Å²) in [5, 5.41) is 8.87. The number of esters is 1. The van der Waals surface area contributed by atoms with Gasteiger partial charge in [-0.05, 0) is 24.6 Å². The monoisotopic (exact) mass is 205 g/mol. The van der Waals surface area contributed by atoms with E-state index in [4.69, 9.17) is 10.00 Å². The van der Waals surface area contributed by atoms with Crippen molar-refractivity contribution in [3.63, 3.8) is 0 Å². The van der Waals surface area contributed by atoms with Crippen LogP contribution in [0.25, 0.3) is 0 Å². The number of carbonyl (C=O) groups excluding carboxylic acids is 1. The Morgan fingerprint density at radius 2 is 2.07 bits per heavy atom. The van der Waals surface area contributed by atoms with Gasteiger partial charge in [0.25, 0.3) is 0 Å². The lowest BCUT2D eigenvalue weighted by molar-refractivity contribution is 0.0597. The Balaban J connectivity index is 3.43. The molecule has 1 aromatic carbocycles. The van der Waals surface area contributed by atoms with Gasteiger partial charge in [-0.2, -0.15) is 5.26 Å². The Hall–Kier alpha value is -2.02. The van der Waals surface area contributed by atoms with Crippen LogP contribution in [0.5, 0.6) is 5.75 Å². The minimum Gasteiger partial charge on any atom is -0.494 e. The molecule has 0 saturated heterocycles. The Morgan fingerprint density at radius 1 is 1.40 bits per heavy atom. The first-order valence-electron chi connectivity index (χ1n) is 4.31. The predicted octanol–water partition coefficient (Wildman–Crippen LogP) is 1.66. The van der Waals surface area contributed by atoms with Gasteiger partial charge in [0.2, 0.25) is 0 Å². The number of aryl methyl sites for hydroxylation is 1. The van der Waals surface area contributed by atoms with Gasteiger partial charge >= 0.3 is 5.97 Å². The minimum absolute atomic E-state index is 0.259. The summed E-state index contributed by atoms with van der Waals surface area (Å²) in [5.74, 6) is -0.248. The molecule has 15 heavy (non-hydrogen) atoms. The molecule has 4 heteroatoms. The maximum Gasteiger partial charge on any atom is 0.341 e. The second kappa shape index (κ2) is 4.47. The Labute approximate surface area is 88.0 Å². The SMILES string of the molecule is COC(=O)c1cc(C)cc(C#N)c1OC. The number of carbonyl (C=O) groups is 1. The van der Waals surface area contributed by atoms with E-state index in [0.717, 1.165) is 5.56 Å². The van der Waals surface area contributed by atoms with Crippen molar-refractivity contribution >= 4 is 5.97 Å². The van der Waals surface area contributed by atoms with Gasteiger partial charge in [-0.3, -0.25) is 0 Å². The molecule has 78 valence electrons. The minimum atomic E-state index is -0.507. The molecule has 0 amide bonds. The average Bonchev–Trinajstić information content (AvgIpc) is 2.26. The molecule has 0 saturated carbocycles. The molecule has 0 atom stereocenters. The first-order chi connectivity index (χ1) is 7.13. The summed E-state index contributed by atoms with van der Waals surface area (Å²) in [6.07, 6.45) is 0. The fraction of sp³-hybridized carbons (Fsp3) is 0.273. The van der Waals surface area contributed by atoms with Crippen LogP contribution in [-0.4, -0.2) is 20.2 Å². The number of nitriles is 1. The molecule has 0 fully saturated rings. The van der Waals surface area contributed by atoms with Crippen molar-refractivity contribution in [2.45, 2.75) is 6.92 Å². The Morgan fingerprint density at radius 3 is 2.53 bits per heavy atom. The molecule has 0 aliphatic carbocycles. The number of rotatable bonds is 2. The van der Waals surface area contributed by atoms with Crippen LogP contribution < -0.4 is 4.74 Å². The lowest BCUT2D eigenvalue weighted by Crippen LogP contribution is -2.06. The van der Waals surface area contributed by atoms with Gasteiger partial charge in [0.15, 0.2) is 5.75 Å². The zero-order valence-corrected chi connectivity index (χ0v) is 8.83. The van der Waals surface area contributed by atoms with E-state index >= 15 is 0 Å². The Kier molecular flexibility index (Phi) is 3.29. The molecule has 0 spiro atoms. The summed E-state index contributed by atoms with van der Waals surface area (Å²) >= 11 is 0. The number of methoxy groups -OCH3 is 2. The summed E-state index contributed by atoms with van der Waals surface area (Å²) < 4.78 is 9.63. The van der Waals surface area contributed by atoms with E-state index in [1.807, 2.05) is 6.07 Å². The van der Waals surface area contributed by atoms with E-state index in [9.17, 15) is 4.79 Å². The highest BCUT2D eigenvalue weighted by molar-refractivity contribution is 5.93. The van der Waals surface area contributed by atoms with Gasteiger partial charge in [-0.15, -0.1) is 0 Å². The van der Waals surface area contributed by atoms with Gasteiger partial charge in [-0.1, -0.05) is 0 Å². The van der Waals surface area contributed by atoms with E-state index in [0.29, 0.717) is 5.56 Å². The standard InChI is InChI=1S/C11H11NO3/c1-7-4-8(6-12)10(14-2)9(5-7)11(13)15-3/h4-5H,1-3H3. The molecule has 0 radical (unpaired) electrons. The van der Waals surface area contributed by atoms with Gasteiger partial charge in [0, 0.05) is 0 Å². The van der Waals surface area contributed by atoms with Crippen molar-refractivity contribution in [2.75, 3.05) is 14.2 Å². The average molecular weight is 205 g/mol. The second-order valence-electron chi connectivity index (χ2n) is 3.00. The number of benzene rings is 1. The van der Waals surface area contributed by atoms with Crippen LogP contribution >= 0.6 is 0 Å². The topological polar surface area (TPSA) is 59.3 Å². The highest BCUT2D eigenvalue weighted by Gasteiger charge is 2.17. The smallest absolute Gasteiger partial charge is 0.341 e. The molecule has 4 nitrogen and oxygen atoms in total. The van der Waals surface area contributed by atoms with Crippen molar-refractivity contribution < 1.29 is 14.3 Å². The maximum atomic E-state index is 11.4. The van der Waals surface area contributed by atoms with Crippen molar-refractivity contribution in [2.24, 2.45) is 0 Å². The summed E-state index contributed by atoms with van der Waals surface area (Å²) in [6, 6.07) is 5.26. The van der Waals surface area contributed by atoms with Crippen LogP contribution in [0, 0.1) is 18.3 Å². The third-order valence-corrected chi connectivity index (χ3v) is 1.96. The second-order valence-corrected chi connectivity index (χ2v) is 3.00. The molecule has 1 rings (SSSR count). The zero-order valence-electron chi connectivity index (χ0n) is 8.83. The molecule has 0 aromatic heterocycles. The van der Waals surface area contributed by atoms with Crippen LogP contribution in [0.4, 0.5) is 0 Å². The summed E-state index contributed by atoms with van der Waals surface area (Å²) in [7, 11) is 2.70. The third-order valence-electron chi connectivity index (χ3n) is 1.96. The first kappa shape index (κ1) is 11.1. The van der Waals surface area contributed by atoms with E-state index in [2.05, 4.69) is 4.74 Å². The summed E-state index contributed by atoms with van der Waals surface area (Å²) in [6.45, 7) is 1.80. The van der Waals surface area contributed by atoms with Crippen molar-refractivity contribution in [1.82, 2.24) is 0 Å². The number of ether oxygens (including phenoxy) is 2. The third kappa shape index (κ3) is 2.08. The zero-order chi connectivity index (χ0) is 11.4. The van der Waals surface area contributed by atoms with Crippen molar-refractivity contribution in [1.29, 1.82) is 5.26 Å². The molecule has 0 bridgehead atoms. The van der Waals surface area contributed by atoms with Crippen LogP contribution in [0.15, 0.2) is 12.1 Å². The lowest BCUT2D eigenvalue weighted by Gasteiger charge is -2.09. The van der Waals surface area contributed by atoms with Gasteiger partial charge in [-0.25, -0.2) is 4.79 Å². The van der Waals surface area contributed by atoms with Gasteiger partial charge in [0.05, 0.1) is 19.8 Å². The highest BCUT2D eigenvalue weighted by Crippen LogP contribution is 2.25. The molecular weight excluding hydrogens is 194 g/mol. The normalized spacial score (nSPS) is 9.20. The van der Waals surface area contributed by atoms with E-state index < -0.39 is 5.97 Å².